The molecule has 0 aliphatic rings. The van der Waals surface area contributed by atoms with Crippen molar-refractivity contribution in [1.82, 2.24) is 0 Å². The molecule has 3 nitrogen and oxygen atoms in total. The Hall–Kier alpha value is -0.640. The van der Waals surface area contributed by atoms with Crippen LogP contribution in [-0.2, 0) is 0 Å². The summed E-state index contributed by atoms with van der Waals surface area (Å²) in [5.41, 5.74) is 0.513. The summed E-state index contributed by atoms with van der Waals surface area (Å²) in [6.45, 7) is 0. The predicted octanol–water partition coefficient (Wildman–Crippen LogP) is -1.69. The first-order chi connectivity index (χ1) is 5.24. The molecule has 58 valence electrons. The zero-order valence-electron chi connectivity index (χ0n) is 7.65. The summed E-state index contributed by atoms with van der Waals surface area (Å²) >= 11 is 0. The van der Waals surface area contributed by atoms with Gasteiger partial charge in [-0.3, -0.25) is 4.79 Å². The van der Waals surface area contributed by atoms with Gasteiger partial charge >= 0.3 is 35.5 Å². The van der Waals surface area contributed by atoms with Gasteiger partial charge in [-0.15, -0.1) is 0 Å². The first kappa shape index (κ1) is 11.4. The maximum atomic E-state index is 10.4. The van der Waals surface area contributed by atoms with Gasteiger partial charge in [-0.05, 0) is 12.1 Å². The molecular weight excluding hydrogens is 167 g/mol. The van der Waals surface area contributed by atoms with Crippen LogP contribution in [0.25, 0.3) is 0 Å². The van der Waals surface area contributed by atoms with Crippen LogP contribution in [0.3, 0.4) is 0 Å². The molecule has 1 aromatic rings. The summed E-state index contributed by atoms with van der Waals surface area (Å²) in [4.78, 5) is 20.5. The molecule has 0 heterocycles. The Bertz CT molecular complexity index is 301. The van der Waals surface area contributed by atoms with Crippen LogP contribution in [-0.4, -0.2) is 17.4 Å². The van der Waals surface area contributed by atoms with Crippen molar-refractivity contribution in [1.29, 1.82) is 0 Å². The van der Waals surface area contributed by atoms with E-state index < -0.39 is 5.97 Å². The Labute approximate surface area is 93.2 Å². The number of hydrogen-bond acceptors (Lipinski definition) is 2. The monoisotopic (exact) mass is 174 g/mol. The molecule has 1 rings (SSSR count). The molecule has 0 unspecified atom stereocenters. The van der Waals surface area contributed by atoms with Crippen molar-refractivity contribution in [3.63, 3.8) is 0 Å². The number of carbonyl (C=O) groups is 2. The number of carboxylic acids is 1. The molecule has 0 spiro atoms. The average molecular weight is 174 g/mol. The number of benzene rings is 1. The van der Waals surface area contributed by atoms with E-state index in [2.05, 4.69) is 0 Å². The predicted molar refractivity (Wildman–Crippen MR) is 39.9 cm³/mol. The summed E-state index contributed by atoms with van der Waals surface area (Å²) in [7, 11) is 0. The van der Waals surface area contributed by atoms with E-state index in [-0.39, 0.29) is 36.5 Å². The van der Waals surface area contributed by atoms with Crippen molar-refractivity contribution >= 4 is 12.3 Å². The van der Waals surface area contributed by atoms with Crippen molar-refractivity contribution in [3.8, 4) is 0 Å². The molecule has 0 amide bonds. The van der Waals surface area contributed by atoms with Gasteiger partial charge in [-0.2, -0.15) is 0 Å². The van der Waals surface area contributed by atoms with Gasteiger partial charge in [0, 0.05) is 5.56 Å². The van der Waals surface area contributed by atoms with E-state index in [1.165, 1.54) is 18.2 Å². The summed E-state index contributed by atoms with van der Waals surface area (Å²) in [5.74, 6) is -1.02. The molecule has 0 atom stereocenters. The quantitative estimate of drug-likeness (QED) is 0.430. The van der Waals surface area contributed by atoms with E-state index in [9.17, 15) is 9.59 Å². The first-order valence-corrected chi connectivity index (χ1v) is 3.02. The van der Waals surface area contributed by atoms with E-state index in [1.54, 1.807) is 6.07 Å². The molecule has 0 bridgehead atoms. The van der Waals surface area contributed by atoms with Gasteiger partial charge in [0.1, 0.15) is 6.29 Å². The van der Waals surface area contributed by atoms with Gasteiger partial charge in [0.25, 0.3) is 0 Å². The molecule has 0 fully saturated rings. The number of carboxylic acid groups (broad SMARTS) is 1. The molecule has 0 aliphatic carbocycles. The maximum Gasteiger partial charge on any atom is 1.00 e. The van der Waals surface area contributed by atoms with Crippen LogP contribution in [0.2, 0.25) is 0 Å². The Kier molecular flexibility index (Phi) is 4.81. The van der Waals surface area contributed by atoms with Crippen LogP contribution in [0.15, 0.2) is 24.3 Å². The van der Waals surface area contributed by atoms with Crippen molar-refractivity contribution in [2.75, 3.05) is 0 Å². The maximum absolute atomic E-state index is 10.4. The molecule has 0 saturated carbocycles. The third-order valence-electron chi connectivity index (χ3n) is 1.27. The van der Waals surface area contributed by atoms with Gasteiger partial charge in [0.2, 0.25) is 0 Å². The largest absolute Gasteiger partial charge is 1.00 e. The van der Waals surface area contributed by atoms with Gasteiger partial charge in [-0.25, -0.2) is 4.79 Å². The van der Waals surface area contributed by atoms with E-state index in [4.69, 9.17) is 5.11 Å². The number of aldehydes is 1. The van der Waals surface area contributed by atoms with Crippen LogP contribution < -0.4 is 29.6 Å². The molecule has 0 aromatic heterocycles. The third kappa shape index (κ3) is 2.77. The zero-order valence-corrected chi connectivity index (χ0v) is 8.65. The van der Waals surface area contributed by atoms with E-state index in [1.807, 2.05) is 0 Å². The Morgan fingerprint density at radius 3 is 2.67 bits per heavy atom. The van der Waals surface area contributed by atoms with Crippen molar-refractivity contribution in [3.05, 3.63) is 35.4 Å². The Morgan fingerprint density at radius 1 is 1.50 bits per heavy atom. The summed E-state index contributed by atoms with van der Waals surface area (Å²) in [6, 6.07) is 5.86. The first-order valence-electron chi connectivity index (χ1n) is 3.02. The van der Waals surface area contributed by atoms with E-state index in [0.717, 1.165) is 0 Å². The Morgan fingerprint density at radius 2 is 2.17 bits per heavy atom. The van der Waals surface area contributed by atoms with Gasteiger partial charge < -0.3 is 6.53 Å². The van der Waals surface area contributed by atoms with Crippen LogP contribution in [0.5, 0.6) is 0 Å². The Balaban J connectivity index is 0. The molecule has 12 heavy (non-hydrogen) atoms. The van der Waals surface area contributed by atoms with Crippen molar-refractivity contribution < 1.29 is 45.7 Å². The van der Waals surface area contributed by atoms with Crippen LogP contribution >= 0.6 is 0 Å². The van der Waals surface area contributed by atoms with Gasteiger partial charge in [0.15, 0.2) is 0 Å². The summed E-state index contributed by atoms with van der Waals surface area (Å²) in [6.07, 6.45) is 0.617. The average Bonchev–Trinajstić information content (AvgIpc) is 2.05. The topological polar surface area (TPSA) is 54.4 Å². The molecule has 1 aromatic carbocycles. The number of rotatable bonds is 2. The number of hydrogen-bond donors (Lipinski definition) is 1. The zero-order chi connectivity index (χ0) is 8.27. The minimum absolute atomic E-state index is 0. The van der Waals surface area contributed by atoms with Crippen LogP contribution in [0.1, 0.15) is 22.1 Å². The van der Waals surface area contributed by atoms with E-state index >= 15 is 0 Å². The van der Waals surface area contributed by atoms with Crippen LogP contribution in [0.4, 0.5) is 0 Å². The second-order valence-electron chi connectivity index (χ2n) is 2.05. The minimum atomic E-state index is -1.02. The summed E-state index contributed by atoms with van der Waals surface area (Å²) < 4.78 is 0. The summed E-state index contributed by atoms with van der Waals surface area (Å²) in [5, 5.41) is 8.49. The molecular formula is C8H7NaO3. The SMILES string of the molecule is O=Cc1cccc(C(=O)O)c1.[H-].[Na+]. The number of aromatic carboxylic acids is 1. The minimum Gasteiger partial charge on any atom is -1.00 e. The molecule has 0 saturated heterocycles. The molecule has 4 heteroatoms. The van der Waals surface area contributed by atoms with Crippen molar-refractivity contribution in [2.45, 2.75) is 0 Å². The normalized spacial score (nSPS) is 8.33. The van der Waals surface area contributed by atoms with Crippen molar-refractivity contribution in [2.24, 2.45) is 0 Å². The number of carbonyl (C=O) groups excluding carboxylic acids is 1. The smallest absolute Gasteiger partial charge is 1.00 e. The standard InChI is InChI=1S/C8H6O3.Na.H/c9-5-6-2-1-3-7(4-6)8(10)11;;/h1-5H,(H,10,11);;/q;+1;-1. The van der Waals surface area contributed by atoms with Gasteiger partial charge in [0.05, 0.1) is 5.56 Å². The van der Waals surface area contributed by atoms with Crippen LogP contribution in [0, 0.1) is 0 Å². The fourth-order valence-electron chi connectivity index (χ4n) is 0.745. The molecule has 1 N–H and O–H groups in total. The molecule has 0 radical (unpaired) electrons. The van der Waals surface area contributed by atoms with Gasteiger partial charge in [-0.1, -0.05) is 12.1 Å². The molecule has 0 aliphatic heterocycles. The van der Waals surface area contributed by atoms with E-state index in [0.29, 0.717) is 11.8 Å². The fraction of sp³-hybridized carbons (Fsp3) is 0. The second kappa shape index (κ2) is 5.09. The fourth-order valence-corrected chi connectivity index (χ4v) is 0.745. The second-order valence-corrected chi connectivity index (χ2v) is 2.05. The third-order valence-corrected chi connectivity index (χ3v) is 1.27.